The van der Waals surface area contributed by atoms with Crippen molar-refractivity contribution < 1.29 is 4.79 Å². The molecule has 7 nitrogen and oxygen atoms in total. The Kier molecular flexibility index (Phi) is 4.39. The third kappa shape index (κ3) is 3.24. The lowest BCUT2D eigenvalue weighted by Crippen LogP contribution is -2.47. The number of carbonyl (C=O) groups excluding carboxylic acids is 1. The van der Waals surface area contributed by atoms with E-state index in [1.54, 1.807) is 11.9 Å². The highest BCUT2D eigenvalue weighted by Gasteiger charge is 2.30. The summed E-state index contributed by atoms with van der Waals surface area (Å²) in [6.45, 7) is 0.991. The van der Waals surface area contributed by atoms with Gasteiger partial charge >= 0.3 is 6.03 Å². The number of carbonyl (C=O) groups is 1. The average Bonchev–Trinajstić information content (AvgIpc) is 2.99. The summed E-state index contributed by atoms with van der Waals surface area (Å²) in [5, 5.41) is 3.14. The van der Waals surface area contributed by atoms with E-state index >= 15 is 0 Å². The highest BCUT2D eigenvalue weighted by atomic mass is 16.2. The molecule has 1 aromatic heterocycles. The first kappa shape index (κ1) is 16.0. The lowest BCUT2D eigenvalue weighted by molar-refractivity contribution is 0.186. The van der Waals surface area contributed by atoms with Gasteiger partial charge in [0.1, 0.15) is 0 Å². The van der Waals surface area contributed by atoms with Crippen LogP contribution >= 0.6 is 0 Å². The molecule has 1 aliphatic heterocycles. The van der Waals surface area contributed by atoms with Gasteiger partial charge in [0.25, 0.3) is 5.56 Å². The SMILES string of the molecule is CN(C)[C@H]1CC[C@H](NC(=O)N2CCc3c(ncn(C)c3=O)C2)C1. The Labute approximate surface area is 136 Å². The Morgan fingerprint density at radius 2 is 2.17 bits per heavy atom. The Bertz CT molecular complexity index is 654. The summed E-state index contributed by atoms with van der Waals surface area (Å²) in [6, 6.07) is 0.752. The lowest BCUT2D eigenvalue weighted by atomic mass is 10.1. The van der Waals surface area contributed by atoms with Crippen LogP contribution in [0.5, 0.6) is 0 Å². The van der Waals surface area contributed by atoms with E-state index in [0.29, 0.717) is 25.6 Å². The summed E-state index contributed by atoms with van der Waals surface area (Å²) in [5.74, 6) is 0. The van der Waals surface area contributed by atoms with E-state index in [4.69, 9.17) is 0 Å². The number of aromatic nitrogens is 2. The van der Waals surface area contributed by atoms with Gasteiger partial charge < -0.3 is 19.7 Å². The van der Waals surface area contributed by atoms with Crippen molar-refractivity contribution in [3.05, 3.63) is 27.9 Å². The molecule has 1 aliphatic carbocycles. The van der Waals surface area contributed by atoms with Gasteiger partial charge in [0.05, 0.1) is 18.6 Å². The second-order valence-corrected chi connectivity index (χ2v) is 6.83. The van der Waals surface area contributed by atoms with Gasteiger partial charge in [0.2, 0.25) is 0 Å². The molecule has 2 heterocycles. The van der Waals surface area contributed by atoms with Crippen molar-refractivity contribution in [2.24, 2.45) is 7.05 Å². The van der Waals surface area contributed by atoms with Gasteiger partial charge in [0, 0.05) is 31.2 Å². The van der Waals surface area contributed by atoms with Crippen LogP contribution in [0.3, 0.4) is 0 Å². The Morgan fingerprint density at radius 3 is 2.87 bits per heavy atom. The van der Waals surface area contributed by atoms with Crippen molar-refractivity contribution in [2.45, 2.75) is 44.3 Å². The maximum Gasteiger partial charge on any atom is 0.317 e. The number of aryl methyl sites for hydroxylation is 1. The third-order valence-corrected chi connectivity index (χ3v) is 5.04. The zero-order valence-electron chi connectivity index (χ0n) is 14.1. The van der Waals surface area contributed by atoms with Crippen molar-refractivity contribution >= 4 is 6.03 Å². The molecule has 0 bridgehead atoms. The minimum absolute atomic E-state index is 0.000300. The summed E-state index contributed by atoms with van der Waals surface area (Å²) < 4.78 is 1.49. The topological polar surface area (TPSA) is 70.5 Å². The molecule has 2 aliphatic rings. The standard InChI is InChI=1S/C16H25N5O2/c1-19(2)12-5-4-11(8-12)18-16(23)21-7-6-13-14(9-21)17-10-20(3)15(13)22/h10-12H,4-9H2,1-3H3,(H,18,23)/t11-,12-/m0/s1. The molecule has 1 fully saturated rings. The van der Waals surface area contributed by atoms with Crippen molar-refractivity contribution in [1.82, 2.24) is 24.7 Å². The first-order valence-corrected chi connectivity index (χ1v) is 8.21. The van der Waals surface area contributed by atoms with Crippen LogP contribution < -0.4 is 10.9 Å². The van der Waals surface area contributed by atoms with Gasteiger partial charge in [-0.1, -0.05) is 0 Å². The maximum atomic E-state index is 12.5. The van der Waals surface area contributed by atoms with Crippen LogP contribution in [-0.4, -0.2) is 58.1 Å². The van der Waals surface area contributed by atoms with Crippen LogP contribution in [-0.2, 0) is 20.0 Å². The molecule has 23 heavy (non-hydrogen) atoms. The molecular formula is C16H25N5O2. The van der Waals surface area contributed by atoms with Crippen molar-refractivity contribution in [2.75, 3.05) is 20.6 Å². The largest absolute Gasteiger partial charge is 0.335 e. The molecule has 3 rings (SSSR count). The molecule has 0 aromatic carbocycles. The Morgan fingerprint density at radius 1 is 1.39 bits per heavy atom. The number of urea groups is 1. The second-order valence-electron chi connectivity index (χ2n) is 6.83. The van der Waals surface area contributed by atoms with E-state index in [-0.39, 0.29) is 17.6 Å². The Balaban J connectivity index is 1.62. The molecule has 1 aromatic rings. The molecular weight excluding hydrogens is 294 g/mol. The number of hydrogen-bond acceptors (Lipinski definition) is 4. The monoisotopic (exact) mass is 319 g/mol. The molecule has 2 atom stereocenters. The number of amides is 2. The fourth-order valence-corrected chi connectivity index (χ4v) is 3.51. The molecule has 0 saturated heterocycles. The van der Waals surface area contributed by atoms with E-state index in [9.17, 15) is 9.59 Å². The zero-order chi connectivity index (χ0) is 16.6. The number of fused-ring (bicyclic) bond motifs is 1. The van der Waals surface area contributed by atoms with Crippen LogP contribution in [0.1, 0.15) is 30.5 Å². The van der Waals surface area contributed by atoms with Crippen LogP contribution in [0.25, 0.3) is 0 Å². The van der Waals surface area contributed by atoms with Crippen molar-refractivity contribution in [3.63, 3.8) is 0 Å². The van der Waals surface area contributed by atoms with Crippen molar-refractivity contribution in [3.8, 4) is 0 Å². The van der Waals surface area contributed by atoms with Crippen LogP contribution in [0.4, 0.5) is 4.79 Å². The normalized spacial score (nSPS) is 23.9. The summed E-state index contributed by atoms with van der Waals surface area (Å²) in [7, 11) is 5.88. The number of nitrogens with one attached hydrogen (secondary N) is 1. The number of hydrogen-bond donors (Lipinski definition) is 1. The minimum atomic E-state index is -0.0393. The van der Waals surface area contributed by atoms with E-state index in [1.807, 2.05) is 0 Å². The van der Waals surface area contributed by atoms with Crippen LogP contribution in [0, 0.1) is 0 Å². The summed E-state index contributed by atoms with van der Waals surface area (Å²) >= 11 is 0. The minimum Gasteiger partial charge on any atom is -0.335 e. The molecule has 7 heteroatoms. The molecule has 0 unspecified atom stereocenters. The highest BCUT2D eigenvalue weighted by Crippen LogP contribution is 2.23. The van der Waals surface area contributed by atoms with Gasteiger partial charge in [-0.2, -0.15) is 0 Å². The fraction of sp³-hybridized carbons (Fsp3) is 0.688. The van der Waals surface area contributed by atoms with Gasteiger partial charge in [-0.15, -0.1) is 0 Å². The highest BCUT2D eigenvalue weighted by molar-refractivity contribution is 5.74. The zero-order valence-corrected chi connectivity index (χ0v) is 14.1. The molecule has 2 amide bonds. The van der Waals surface area contributed by atoms with Gasteiger partial charge in [-0.25, -0.2) is 9.78 Å². The van der Waals surface area contributed by atoms with E-state index in [2.05, 4.69) is 29.3 Å². The quantitative estimate of drug-likeness (QED) is 0.853. The molecule has 0 spiro atoms. The summed E-state index contributed by atoms with van der Waals surface area (Å²) in [4.78, 5) is 32.9. The average molecular weight is 319 g/mol. The third-order valence-electron chi connectivity index (χ3n) is 5.04. The van der Waals surface area contributed by atoms with Gasteiger partial charge in [-0.05, 0) is 39.8 Å². The smallest absolute Gasteiger partial charge is 0.317 e. The Hall–Kier alpha value is -1.89. The second kappa shape index (κ2) is 6.31. The number of nitrogens with zero attached hydrogens (tertiary/aromatic N) is 4. The van der Waals surface area contributed by atoms with E-state index in [0.717, 1.165) is 30.5 Å². The first-order valence-electron chi connectivity index (χ1n) is 8.21. The summed E-state index contributed by atoms with van der Waals surface area (Å²) in [5.41, 5.74) is 1.47. The van der Waals surface area contributed by atoms with Gasteiger partial charge in [-0.3, -0.25) is 4.79 Å². The van der Waals surface area contributed by atoms with Crippen molar-refractivity contribution in [1.29, 1.82) is 0 Å². The molecule has 1 saturated carbocycles. The first-order chi connectivity index (χ1) is 11.0. The lowest BCUT2D eigenvalue weighted by Gasteiger charge is -2.29. The van der Waals surface area contributed by atoms with E-state index in [1.165, 1.54) is 10.9 Å². The van der Waals surface area contributed by atoms with Crippen LogP contribution in [0.15, 0.2) is 11.1 Å². The molecule has 0 radical (unpaired) electrons. The van der Waals surface area contributed by atoms with Crippen LogP contribution in [0.2, 0.25) is 0 Å². The molecule has 126 valence electrons. The summed E-state index contributed by atoms with van der Waals surface area (Å²) in [6.07, 6.45) is 5.26. The fourth-order valence-electron chi connectivity index (χ4n) is 3.51. The predicted octanol–water partition coefficient (Wildman–Crippen LogP) is 0.331. The predicted molar refractivity (Wildman–Crippen MR) is 87.2 cm³/mol. The molecule has 1 N–H and O–H groups in total. The van der Waals surface area contributed by atoms with Gasteiger partial charge in [0.15, 0.2) is 0 Å². The maximum absolute atomic E-state index is 12.5. The van der Waals surface area contributed by atoms with E-state index < -0.39 is 0 Å². The number of rotatable bonds is 2.